The van der Waals surface area contributed by atoms with Gasteiger partial charge in [-0.1, -0.05) is 20.8 Å². The van der Waals surface area contributed by atoms with Gasteiger partial charge in [-0.25, -0.2) is 0 Å². The summed E-state index contributed by atoms with van der Waals surface area (Å²) in [6.07, 6.45) is 5.33. The molecule has 1 saturated carbocycles. The molecule has 17 heavy (non-hydrogen) atoms. The average Bonchev–Trinajstić information content (AvgIpc) is 2.34. The molecule has 0 spiro atoms. The Morgan fingerprint density at radius 3 is 2.88 bits per heavy atom. The Morgan fingerprint density at radius 2 is 2.29 bits per heavy atom. The molecule has 0 amide bonds. The van der Waals surface area contributed by atoms with E-state index in [1.807, 2.05) is 0 Å². The Balaban J connectivity index is 2.48. The first kappa shape index (κ1) is 14.5. The van der Waals surface area contributed by atoms with Gasteiger partial charge in [-0.3, -0.25) is 5.32 Å². The van der Waals surface area contributed by atoms with Crippen LogP contribution in [0.3, 0.4) is 0 Å². The van der Waals surface area contributed by atoms with Gasteiger partial charge in [0.15, 0.2) is 0 Å². The lowest BCUT2D eigenvalue weighted by Gasteiger charge is -2.36. The van der Waals surface area contributed by atoms with Crippen molar-refractivity contribution in [3.8, 4) is 6.07 Å². The highest BCUT2D eigenvalue weighted by molar-refractivity contribution is 5.10. The molecule has 1 rings (SSSR count). The van der Waals surface area contributed by atoms with E-state index in [9.17, 15) is 5.26 Å². The van der Waals surface area contributed by atoms with Gasteiger partial charge in [-0.05, 0) is 38.1 Å². The lowest BCUT2D eigenvalue weighted by atomic mass is 9.81. The number of nitrogens with zero attached hydrogens (tertiary/aromatic N) is 1. The van der Waals surface area contributed by atoms with Crippen molar-refractivity contribution in [1.29, 1.82) is 5.26 Å². The van der Waals surface area contributed by atoms with Crippen LogP contribution in [0.1, 0.15) is 52.9 Å². The van der Waals surface area contributed by atoms with Gasteiger partial charge in [-0.2, -0.15) is 5.26 Å². The molecule has 0 radical (unpaired) electrons. The van der Waals surface area contributed by atoms with Crippen molar-refractivity contribution in [2.24, 2.45) is 5.92 Å². The van der Waals surface area contributed by atoms with E-state index in [4.69, 9.17) is 4.74 Å². The maximum atomic E-state index is 9.40. The quantitative estimate of drug-likeness (QED) is 0.774. The van der Waals surface area contributed by atoms with Crippen LogP contribution in [0.15, 0.2) is 0 Å². The molecule has 2 unspecified atom stereocenters. The molecule has 0 aromatic rings. The molecule has 1 aliphatic rings. The van der Waals surface area contributed by atoms with Gasteiger partial charge in [0, 0.05) is 13.0 Å². The monoisotopic (exact) mass is 238 g/mol. The minimum absolute atomic E-state index is 0.259. The van der Waals surface area contributed by atoms with E-state index in [1.165, 1.54) is 0 Å². The van der Waals surface area contributed by atoms with Gasteiger partial charge < -0.3 is 4.74 Å². The summed E-state index contributed by atoms with van der Waals surface area (Å²) in [4.78, 5) is 0. The molecule has 0 bridgehead atoms. The SMILES string of the molecule is CCCNC1(C#N)CCCC(OCC(C)C)C1. The highest BCUT2D eigenvalue weighted by Crippen LogP contribution is 2.30. The van der Waals surface area contributed by atoms with E-state index in [0.717, 1.165) is 45.3 Å². The van der Waals surface area contributed by atoms with E-state index in [2.05, 4.69) is 32.2 Å². The predicted octanol–water partition coefficient (Wildman–Crippen LogP) is 2.86. The van der Waals surface area contributed by atoms with E-state index in [0.29, 0.717) is 5.92 Å². The molecule has 1 fully saturated rings. The van der Waals surface area contributed by atoms with Gasteiger partial charge >= 0.3 is 0 Å². The molecule has 0 heterocycles. The van der Waals surface area contributed by atoms with Crippen LogP contribution < -0.4 is 5.32 Å². The van der Waals surface area contributed by atoms with Gasteiger partial charge in [0.05, 0.1) is 12.2 Å². The fourth-order valence-electron chi connectivity index (χ4n) is 2.36. The zero-order valence-electron chi connectivity index (χ0n) is 11.5. The number of nitriles is 1. The van der Waals surface area contributed by atoms with Gasteiger partial charge in [0.1, 0.15) is 5.54 Å². The molecule has 0 aromatic heterocycles. The Hall–Kier alpha value is -0.590. The minimum Gasteiger partial charge on any atom is -0.378 e. The number of hydrogen-bond acceptors (Lipinski definition) is 3. The van der Waals surface area contributed by atoms with Gasteiger partial charge in [0.25, 0.3) is 0 Å². The van der Waals surface area contributed by atoms with Crippen LogP contribution in [0.2, 0.25) is 0 Å². The Morgan fingerprint density at radius 1 is 1.53 bits per heavy atom. The fourth-order valence-corrected chi connectivity index (χ4v) is 2.36. The van der Waals surface area contributed by atoms with Crippen LogP contribution in [0.5, 0.6) is 0 Å². The zero-order valence-corrected chi connectivity index (χ0v) is 11.5. The number of nitrogens with one attached hydrogen (secondary N) is 1. The highest BCUT2D eigenvalue weighted by Gasteiger charge is 2.36. The van der Waals surface area contributed by atoms with Crippen LogP contribution in [-0.4, -0.2) is 24.8 Å². The first-order valence-electron chi connectivity index (χ1n) is 6.90. The van der Waals surface area contributed by atoms with Crippen molar-refractivity contribution >= 4 is 0 Å². The van der Waals surface area contributed by atoms with Crippen LogP contribution in [-0.2, 0) is 4.74 Å². The number of ether oxygens (including phenoxy) is 1. The predicted molar refractivity (Wildman–Crippen MR) is 69.7 cm³/mol. The van der Waals surface area contributed by atoms with Gasteiger partial charge in [0.2, 0.25) is 0 Å². The molecule has 0 aromatic carbocycles. The lowest BCUT2D eigenvalue weighted by Crippen LogP contribution is -2.49. The largest absolute Gasteiger partial charge is 0.378 e. The highest BCUT2D eigenvalue weighted by atomic mass is 16.5. The third kappa shape index (κ3) is 4.65. The van der Waals surface area contributed by atoms with E-state index in [-0.39, 0.29) is 11.6 Å². The van der Waals surface area contributed by atoms with Crippen molar-refractivity contribution in [2.45, 2.75) is 64.5 Å². The van der Waals surface area contributed by atoms with Crippen molar-refractivity contribution in [2.75, 3.05) is 13.2 Å². The van der Waals surface area contributed by atoms with Crippen molar-refractivity contribution in [1.82, 2.24) is 5.32 Å². The smallest absolute Gasteiger partial charge is 0.109 e. The van der Waals surface area contributed by atoms with E-state index >= 15 is 0 Å². The molecule has 0 aliphatic heterocycles. The third-order valence-corrected chi connectivity index (χ3v) is 3.30. The van der Waals surface area contributed by atoms with Gasteiger partial charge in [-0.15, -0.1) is 0 Å². The summed E-state index contributed by atoms with van der Waals surface area (Å²) in [5.74, 6) is 0.567. The molecular formula is C14H26N2O. The van der Waals surface area contributed by atoms with E-state index < -0.39 is 0 Å². The van der Waals surface area contributed by atoms with Crippen LogP contribution in [0, 0.1) is 17.2 Å². The normalized spacial score (nSPS) is 29.2. The maximum Gasteiger partial charge on any atom is 0.109 e. The molecular weight excluding hydrogens is 212 g/mol. The van der Waals surface area contributed by atoms with Crippen molar-refractivity contribution in [3.63, 3.8) is 0 Å². The van der Waals surface area contributed by atoms with Crippen molar-refractivity contribution < 1.29 is 4.74 Å². The van der Waals surface area contributed by atoms with Crippen LogP contribution in [0.4, 0.5) is 0 Å². The molecule has 98 valence electrons. The first-order chi connectivity index (χ1) is 8.12. The fraction of sp³-hybridized carbons (Fsp3) is 0.929. The second-order valence-electron chi connectivity index (χ2n) is 5.57. The maximum absolute atomic E-state index is 9.40. The first-order valence-corrected chi connectivity index (χ1v) is 6.90. The summed E-state index contributed by atoms with van der Waals surface area (Å²) in [6.45, 7) is 8.18. The average molecular weight is 238 g/mol. The summed E-state index contributed by atoms with van der Waals surface area (Å²) in [5.41, 5.74) is -0.337. The summed E-state index contributed by atoms with van der Waals surface area (Å²) >= 11 is 0. The number of hydrogen-bond donors (Lipinski definition) is 1. The molecule has 2 atom stereocenters. The lowest BCUT2D eigenvalue weighted by molar-refractivity contribution is -0.00342. The standard InChI is InChI=1S/C14H26N2O/c1-4-8-16-14(11-15)7-5-6-13(9-14)17-10-12(2)3/h12-13,16H,4-10H2,1-3H3. The Labute approximate surface area is 106 Å². The minimum atomic E-state index is -0.337. The van der Waals surface area contributed by atoms with E-state index in [1.54, 1.807) is 0 Å². The molecule has 0 saturated heterocycles. The Kier molecular flexibility index (Phi) is 5.94. The van der Waals surface area contributed by atoms with Crippen molar-refractivity contribution in [3.05, 3.63) is 0 Å². The third-order valence-electron chi connectivity index (χ3n) is 3.30. The summed E-state index contributed by atoms with van der Waals surface area (Å²) in [5, 5.41) is 12.8. The second kappa shape index (κ2) is 6.98. The molecule has 1 aliphatic carbocycles. The molecule has 3 heteroatoms. The molecule has 3 nitrogen and oxygen atoms in total. The molecule has 1 N–H and O–H groups in total. The van der Waals surface area contributed by atoms with Crippen LogP contribution in [0.25, 0.3) is 0 Å². The topological polar surface area (TPSA) is 45.0 Å². The van der Waals surface area contributed by atoms with Crippen LogP contribution >= 0.6 is 0 Å². The zero-order chi connectivity index (χ0) is 12.7. The number of rotatable bonds is 6. The second-order valence-corrected chi connectivity index (χ2v) is 5.57. The summed E-state index contributed by atoms with van der Waals surface area (Å²) < 4.78 is 5.89. The summed E-state index contributed by atoms with van der Waals surface area (Å²) in [7, 11) is 0. The Bertz CT molecular complexity index is 259. The summed E-state index contributed by atoms with van der Waals surface area (Å²) in [6, 6.07) is 2.48.